The van der Waals surface area contributed by atoms with Crippen molar-refractivity contribution in [3.8, 4) is 0 Å². The molecule has 1 aliphatic rings. The number of hydrogen-bond donors (Lipinski definition) is 2. The number of carbonyl (C=O) groups is 2. The first-order chi connectivity index (χ1) is 6.11. The van der Waals surface area contributed by atoms with Gasteiger partial charge in [0.05, 0.1) is 0 Å². The fourth-order valence-corrected chi connectivity index (χ4v) is 1.77. The van der Waals surface area contributed by atoms with E-state index in [1.165, 1.54) is 6.42 Å². The molecule has 0 heterocycles. The van der Waals surface area contributed by atoms with E-state index in [9.17, 15) is 9.59 Å². The number of hydrogen-bond acceptors (Lipinski definition) is 2. The minimum absolute atomic E-state index is 0.133. The highest BCUT2D eigenvalue weighted by Gasteiger charge is 2.24. The van der Waals surface area contributed by atoms with E-state index < -0.39 is 11.8 Å². The lowest BCUT2D eigenvalue weighted by atomic mass is 9.86. The van der Waals surface area contributed by atoms with Gasteiger partial charge in [-0.15, -0.1) is 0 Å². The molecule has 0 aromatic heterocycles. The smallest absolute Gasteiger partial charge is 0.309 e. The summed E-state index contributed by atoms with van der Waals surface area (Å²) in [6.07, 6.45) is 4.40. The van der Waals surface area contributed by atoms with E-state index >= 15 is 0 Å². The van der Waals surface area contributed by atoms with E-state index in [0.717, 1.165) is 19.3 Å². The maximum absolute atomic E-state index is 11.0. The van der Waals surface area contributed by atoms with Crippen LogP contribution in [-0.4, -0.2) is 17.9 Å². The lowest BCUT2D eigenvalue weighted by molar-refractivity contribution is -0.138. The number of primary amides is 1. The van der Waals surface area contributed by atoms with Crippen LogP contribution in [0.15, 0.2) is 0 Å². The predicted octanol–water partition coefficient (Wildman–Crippen LogP) is 0.167. The first kappa shape index (κ1) is 10.0. The van der Waals surface area contributed by atoms with Gasteiger partial charge in [-0.2, -0.15) is 0 Å². The molecule has 4 heteroatoms. The average Bonchev–Trinajstić information content (AvgIpc) is 2.08. The number of amides is 2. The Morgan fingerprint density at radius 3 is 2.46 bits per heavy atom. The van der Waals surface area contributed by atoms with E-state index in [2.05, 4.69) is 12.2 Å². The van der Waals surface area contributed by atoms with Crippen molar-refractivity contribution in [2.75, 3.05) is 0 Å². The Balaban J connectivity index is 2.42. The molecule has 74 valence electrons. The van der Waals surface area contributed by atoms with Crippen LogP contribution in [0.2, 0.25) is 0 Å². The van der Waals surface area contributed by atoms with Crippen LogP contribution in [0.25, 0.3) is 0 Å². The van der Waals surface area contributed by atoms with Crippen LogP contribution >= 0.6 is 0 Å². The van der Waals surface area contributed by atoms with E-state index in [4.69, 9.17) is 5.73 Å². The molecule has 0 aromatic carbocycles. The van der Waals surface area contributed by atoms with Gasteiger partial charge < -0.3 is 11.1 Å². The van der Waals surface area contributed by atoms with E-state index in [-0.39, 0.29) is 6.04 Å². The number of rotatable bonds is 1. The molecule has 2 atom stereocenters. The van der Waals surface area contributed by atoms with Gasteiger partial charge in [0.1, 0.15) is 0 Å². The van der Waals surface area contributed by atoms with Crippen molar-refractivity contribution < 1.29 is 9.59 Å². The summed E-state index contributed by atoms with van der Waals surface area (Å²) in [5.74, 6) is -1.09. The molecule has 0 unspecified atom stereocenters. The van der Waals surface area contributed by atoms with Crippen LogP contribution in [0.3, 0.4) is 0 Å². The van der Waals surface area contributed by atoms with E-state index in [1.54, 1.807) is 0 Å². The first-order valence-corrected chi connectivity index (χ1v) is 4.71. The van der Waals surface area contributed by atoms with E-state index in [1.807, 2.05) is 0 Å². The standard InChI is InChI=1S/C9H16N2O2/c1-6-4-2-3-5-7(6)11-9(13)8(10)12/h6-7H,2-5H2,1H3,(H2,10,12)(H,11,13)/t6-,7+/m0/s1. The zero-order valence-corrected chi connectivity index (χ0v) is 7.88. The molecular weight excluding hydrogens is 168 g/mol. The van der Waals surface area contributed by atoms with Gasteiger partial charge >= 0.3 is 11.8 Å². The molecule has 3 N–H and O–H groups in total. The van der Waals surface area contributed by atoms with Crippen molar-refractivity contribution >= 4 is 11.8 Å². The second-order valence-electron chi connectivity index (χ2n) is 3.71. The second-order valence-corrected chi connectivity index (χ2v) is 3.71. The highest BCUT2D eigenvalue weighted by atomic mass is 16.2. The Bertz CT molecular complexity index is 216. The number of carbonyl (C=O) groups excluding carboxylic acids is 2. The van der Waals surface area contributed by atoms with Crippen molar-refractivity contribution in [2.45, 2.75) is 38.6 Å². The van der Waals surface area contributed by atoms with Crippen molar-refractivity contribution in [3.05, 3.63) is 0 Å². The van der Waals surface area contributed by atoms with Crippen LogP contribution in [0, 0.1) is 5.92 Å². The normalized spacial score (nSPS) is 28.1. The minimum Gasteiger partial charge on any atom is -0.361 e. The summed E-state index contributed by atoms with van der Waals surface area (Å²) in [4.78, 5) is 21.5. The van der Waals surface area contributed by atoms with Gasteiger partial charge in [0.15, 0.2) is 0 Å². The van der Waals surface area contributed by atoms with Gasteiger partial charge in [0.25, 0.3) is 0 Å². The zero-order chi connectivity index (χ0) is 9.84. The molecule has 0 radical (unpaired) electrons. The molecule has 0 aliphatic heterocycles. The number of nitrogens with one attached hydrogen (secondary N) is 1. The summed E-state index contributed by atoms with van der Waals surface area (Å²) >= 11 is 0. The Morgan fingerprint density at radius 1 is 1.31 bits per heavy atom. The molecule has 4 nitrogen and oxygen atoms in total. The second kappa shape index (κ2) is 4.25. The first-order valence-electron chi connectivity index (χ1n) is 4.71. The van der Waals surface area contributed by atoms with Gasteiger partial charge in [-0.05, 0) is 18.8 Å². The maximum atomic E-state index is 11.0. The van der Waals surface area contributed by atoms with Crippen LogP contribution in [-0.2, 0) is 9.59 Å². The fraction of sp³-hybridized carbons (Fsp3) is 0.778. The summed E-state index contributed by atoms with van der Waals surface area (Å²) in [5, 5.41) is 2.65. The molecule has 1 fully saturated rings. The Morgan fingerprint density at radius 2 is 1.92 bits per heavy atom. The Kier molecular flexibility index (Phi) is 3.28. The third-order valence-corrected chi connectivity index (χ3v) is 2.65. The highest BCUT2D eigenvalue weighted by molar-refractivity contribution is 6.34. The minimum atomic E-state index is -0.891. The zero-order valence-electron chi connectivity index (χ0n) is 7.88. The summed E-state index contributed by atoms with van der Waals surface area (Å²) in [7, 11) is 0. The lowest BCUT2D eigenvalue weighted by Gasteiger charge is -2.28. The van der Waals surface area contributed by atoms with Crippen molar-refractivity contribution in [1.29, 1.82) is 0 Å². The largest absolute Gasteiger partial charge is 0.361 e. The number of nitrogens with two attached hydrogens (primary N) is 1. The molecule has 0 saturated heterocycles. The fourth-order valence-electron chi connectivity index (χ4n) is 1.77. The monoisotopic (exact) mass is 184 g/mol. The third kappa shape index (κ3) is 2.72. The SMILES string of the molecule is C[C@H]1CCCC[C@H]1NC(=O)C(N)=O. The van der Waals surface area contributed by atoms with Crippen LogP contribution in [0.1, 0.15) is 32.6 Å². The van der Waals surface area contributed by atoms with Crippen molar-refractivity contribution in [2.24, 2.45) is 11.7 Å². The molecule has 0 bridgehead atoms. The Labute approximate surface area is 77.9 Å². The molecule has 1 aliphatic carbocycles. The van der Waals surface area contributed by atoms with Crippen LogP contribution in [0.5, 0.6) is 0 Å². The molecule has 0 spiro atoms. The van der Waals surface area contributed by atoms with Crippen LogP contribution in [0.4, 0.5) is 0 Å². The molecule has 0 aromatic rings. The van der Waals surface area contributed by atoms with Gasteiger partial charge in [0, 0.05) is 6.04 Å². The summed E-state index contributed by atoms with van der Waals surface area (Å²) < 4.78 is 0. The third-order valence-electron chi connectivity index (χ3n) is 2.65. The quantitative estimate of drug-likeness (QED) is 0.570. The summed E-state index contributed by atoms with van der Waals surface area (Å²) in [6, 6.07) is 0.133. The Hall–Kier alpha value is -1.06. The van der Waals surface area contributed by atoms with Gasteiger partial charge in [-0.25, -0.2) is 0 Å². The van der Waals surface area contributed by atoms with Crippen LogP contribution < -0.4 is 11.1 Å². The molecule has 2 amide bonds. The average molecular weight is 184 g/mol. The van der Waals surface area contributed by atoms with E-state index in [0.29, 0.717) is 5.92 Å². The summed E-state index contributed by atoms with van der Waals surface area (Å²) in [5.41, 5.74) is 4.85. The van der Waals surface area contributed by atoms with Gasteiger partial charge in [-0.1, -0.05) is 19.8 Å². The highest BCUT2D eigenvalue weighted by Crippen LogP contribution is 2.23. The molecule has 1 saturated carbocycles. The molecule has 13 heavy (non-hydrogen) atoms. The summed E-state index contributed by atoms with van der Waals surface area (Å²) in [6.45, 7) is 2.09. The molecule has 1 rings (SSSR count). The van der Waals surface area contributed by atoms with Gasteiger partial charge in [-0.3, -0.25) is 9.59 Å². The van der Waals surface area contributed by atoms with Crippen molar-refractivity contribution in [3.63, 3.8) is 0 Å². The lowest BCUT2D eigenvalue weighted by Crippen LogP contribution is -2.46. The van der Waals surface area contributed by atoms with Gasteiger partial charge in [0.2, 0.25) is 0 Å². The molecular formula is C9H16N2O2. The maximum Gasteiger partial charge on any atom is 0.309 e. The topological polar surface area (TPSA) is 72.2 Å². The van der Waals surface area contributed by atoms with Crippen molar-refractivity contribution in [1.82, 2.24) is 5.32 Å². The predicted molar refractivity (Wildman–Crippen MR) is 48.8 cm³/mol.